The van der Waals surface area contributed by atoms with Gasteiger partial charge in [0.05, 0.1) is 0 Å². The van der Waals surface area contributed by atoms with Gasteiger partial charge in [-0.3, -0.25) is 0 Å². The zero-order valence-electron chi connectivity index (χ0n) is 12.6. The van der Waals surface area contributed by atoms with Gasteiger partial charge in [-0.1, -0.05) is 34.1 Å². The molecule has 3 N–H and O–H groups in total. The topological polar surface area (TPSA) is 63.8 Å². The van der Waals surface area contributed by atoms with E-state index in [9.17, 15) is 0 Å². The van der Waals surface area contributed by atoms with Crippen molar-refractivity contribution in [3.8, 4) is 0 Å². The second-order valence-corrected chi connectivity index (χ2v) is 6.81. The molecule has 1 heterocycles. The Labute approximate surface area is 116 Å². The average Bonchev–Trinajstić information content (AvgIpc) is 2.26. The Bertz CT molecular complexity index is 438. The van der Waals surface area contributed by atoms with E-state index in [1.165, 1.54) is 25.7 Å². The molecule has 0 aliphatic heterocycles. The maximum absolute atomic E-state index is 5.88. The van der Waals surface area contributed by atoms with Crippen LogP contribution in [0.15, 0.2) is 6.07 Å². The first-order valence-corrected chi connectivity index (χ1v) is 7.24. The number of anilines is 2. The van der Waals surface area contributed by atoms with Crippen LogP contribution in [0.1, 0.15) is 59.2 Å². The van der Waals surface area contributed by atoms with Crippen LogP contribution in [0.25, 0.3) is 0 Å². The number of nitrogens with zero attached hydrogens (tertiary/aromatic N) is 2. The van der Waals surface area contributed by atoms with Gasteiger partial charge < -0.3 is 11.1 Å². The monoisotopic (exact) mass is 262 g/mol. The van der Waals surface area contributed by atoms with Crippen molar-refractivity contribution in [2.75, 3.05) is 17.6 Å². The van der Waals surface area contributed by atoms with E-state index in [0.717, 1.165) is 18.2 Å². The zero-order chi connectivity index (χ0) is 14.1. The summed E-state index contributed by atoms with van der Waals surface area (Å²) in [5.41, 5.74) is 6.28. The van der Waals surface area contributed by atoms with Crippen LogP contribution in [0, 0.1) is 5.41 Å². The maximum Gasteiger partial charge on any atom is 0.138 e. The van der Waals surface area contributed by atoms with Gasteiger partial charge in [-0.15, -0.1) is 0 Å². The maximum atomic E-state index is 5.88. The molecule has 1 fully saturated rings. The lowest BCUT2D eigenvalue weighted by atomic mass is 9.67. The van der Waals surface area contributed by atoms with E-state index in [1.807, 2.05) is 6.07 Å². The highest BCUT2D eigenvalue weighted by atomic mass is 15.1. The number of rotatable bonds is 4. The van der Waals surface area contributed by atoms with Crippen molar-refractivity contribution in [3.05, 3.63) is 11.9 Å². The van der Waals surface area contributed by atoms with Crippen LogP contribution < -0.4 is 11.1 Å². The highest BCUT2D eigenvalue weighted by molar-refractivity contribution is 5.45. The summed E-state index contributed by atoms with van der Waals surface area (Å²) >= 11 is 0. The summed E-state index contributed by atoms with van der Waals surface area (Å²) in [5.74, 6) is 2.20. The van der Waals surface area contributed by atoms with E-state index in [-0.39, 0.29) is 5.41 Å². The van der Waals surface area contributed by atoms with Crippen molar-refractivity contribution >= 4 is 11.6 Å². The first kappa shape index (κ1) is 14.1. The van der Waals surface area contributed by atoms with Gasteiger partial charge in [0, 0.05) is 18.0 Å². The molecule has 1 saturated carbocycles. The molecule has 1 aromatic heterocycles. The van der Waals surface area contributed by atoms with Gasteiger partial charge in [0.2, 0.25) is 0 Å². The molecule has 0 radical (unpaired) electrons. The van der Waals surface area contributed by atoms with Crippen LogP contribution in [0.2, 0.25) is 0 Å². The van der Waals surface area contributed by atoms with Crippen molar-refractivity contribution in [1.29, 1.82) is 0 Å². The largest absolute Gasteiger partial charge is 0.384 e. The summed E-state index contributed by atoms with van der Waals surface area (Å²) in [6.07, 6.45) is 5.23. The van der Waals surface area contributed by atoms with Crippen molar-refractivity contribution in [2.45, 2.75) is 58.8 Å². The average molecular weight is 262 g/mol. The van der Waals surface area contributed by atoms with E-state index >= 15 is 0 Å². The molecule has 0 amide bonds. The van der Waals surface area contributed by atoms with E-state index in [1.54, 1.807) is 0 Å². The van der Waals surface area contributed by atoms with E-state index in [0.29, 0.717) is 11.2 Å². The fourth-order valence-electron chi connectivity index (χ4n) is 2.50. The Morgan fingerprint density at radius 3 is 2.47 bits per heavy atom. The van der Waals surface area contributed by atoms with Gasteiger partial charge in [0.15, 0.2) is 0 Å². The quantitative estimate of drug-likeness (QED) is 0.873. The molecule has 1 aliphatic carbocycles. The Balaban J connectivity index is 2.10. The summed E-state index contributed by atoms with van der Waals surface area (Å²) < 4.78 is 0. The van der Waals surface area contributed by atoms with Crippen molar-refractivity contribution < 1.29 is 0 Å². The fraction of sp³-hybridized carbons (Fsp3) is 0.733. The lowest BCUT2D eigenvalue weighted by Gasteiger charge is -2.41. The zero-order valence-corrected chi connectivity index (χ0v) is 12.6. The van der Waals surface area contributed by atoms with Crippen molar-refractivity contribution in [3.63, 3.8) is 0 Å². The molecule has 106 valence electrons. The third-order valence-electron chi connectivity index (χ3n) is 4.23. The van der Waals surface area contributed by atoms with E-state index in [4.69, 9.17) is 5.73 Å². The predicted molar refractivity (Wildman–Crippen MR) is 80.2 cm³/mol. The minimum atomic E-state index is -0.0786. The first-order valence-electron chi connectivity index (χ1n) is 7.24. The van der Waals surface area contributed by atoms with Gasteiger partial charge >= 0.3 is 0 Å². The van der Waals surface area contributed by atoms with E-state index < -0.39 is 0 Å². The van der Waals surface area contributed by atoms with Crippen LogP contribution in [0.4, 0.5) is 11.6 Å². The van der Waals surface area contributed by atoms with Gasteiger partial charge in [-0.2, -0.15) is 0 Å². The molecule has 0 bridgehead atoms. The second-order valence-electron chi connectivity index (χ2n) is 6.81. The molecule has 0 spiro atoms. The first-order chi connectivity index (χ1) is 8.85. The van der Waals surface area contributed by atoms with Gasteiger partial charge in [-0.25, -0.2) is 9.97 Å². The fourth-order valence-corrected chi connectivity index (χ4v) is 2.50. The highest BCUT2D eigenvalue weighted by Crippen LogP contribution is 2.43. The number of nitrogens with one attached hydrogen (secondary N) is 1. The number of aromatic nitrogens is 2. The SMILES string of the molecule is CCC1(CNc2cc(N)nc(C(C)(C)C)n2)CCC1. The number of hydrogen-bond acceptors (Lipinski definition) is 4. The minimum absolute atomic E-state index is 0.0786. The lowest BCUT2D eigenvalue weighted by molar-refractivity contribution is 0.145. The minimum Gasteiger partial charge on any atom is -0.384 e. The molecule has 1 aromatic rings. The Kier molecular flexibility index (Phi) is 3.70. The number of nitrogen functional groups attached to an aromatic ring is 1. The highest BCUT2D eigenvalue weighted by Gasteiger charge is 2.34. The summed E-state index contributed by atoms with van der Waals surface area (Å²) in [6, 6.07) is 1.83. The van der Waals surface area contributed by atoms with Crippen LogP contribution >= 0.6 is 0 Å². The smallest absolute Gasteiger partial charge is 0.138 e. The molecule has 0 aromatic carbocycles. The standard InChI is InChI=1S/C15H26N4/c1-5-15(7-6-8-15)10-17-12-9-11(16)18-13(19-12)14(2,3)4/h9H,5-8,10H2,1-4H3,(H3,16,17,18,19). The molecular formula is C15H26N4. The van der Waals surface area contributed by atoms with Crippen molar-refractivity contribution in [1.82, 2.24) is 9.97 Å². The molecule has 0 unspecified atom stereocenters. The molecule has 0 saturated heterocycles. The third-order valence-corrected chi connectivity index (χ3v) is 4.23. The van der Waals surface area contributed by atoms with Crippen LogP contribution in [0.5, 0.6) is 0 Å². The second kappa shape index (κ2) is 4.99. The lowest BCUT2D eigenvalue weighted by Crippen LogP contribution is -2.36. The van der Waals surface area contributed by atoms with Crippen LogP contribution in [-0.4, -0.2) is 16.5 Å². The van der Waals surface area contributed by atoms with Gasteiger partial charge in [0.25, 0.3) is 0 Å². The molecule has 4 nitrogen and oxygen atoms in total. The molecule has 0 atom stereocenters. The molecule has 4 heteroatoms. The third kappa shape index (κ3) is 3.17. The number of hydrogen-bond donors (Lipinski definition) is 2. The summed E-state index contributed by atoms with van der Waals surface area (Å²) in [4.78, 5) is 8.93. The Morgan fingerprint density at radius 2 is 2.00 bits per heavy atom. The molecule has 1 aliphatic rings. The molecule has 19 heavy (non-hydrogen) atoms. The predicted octanol–water partition coefficient (Wildman–Crippen LogP) is 3.35. The van der Waals surface area contributed by atoms with E-state index in [2.05, 4.69) is 43.0 Å². The normalized spacial score (nSPS) is 17.9. The Hall–Kier alpha value is -1.32. The van der Waals surface area contributed by atoms with Crippen molar-refractivity contribution in [2.24, 2.45) is 5.41 Å². The van der Waals surface area contributed by atoms with Crippen LogP contribution in [0.3, 0.4) is 0 Å². The van der Waals surface area contributed by atoms with Crippen LogP contribution in [-0.2, 0) is 5.41 Å². The summed E-state index contributed by atoms with van der Waals surface area (Å²) in [6.45, 7) is 9.57. The van der Waals surface area contributed by atoms with Gasteiger partial charge in [0.1, 0.15) is 17.5 Å². The summed E-state index contributed by atoms with van der Waals surface area (Å²) in [5, 5.41) is 3.46. The summed E-state index contributed by atoms with van der Waals surface area (Å²) in [7, 11) is 0. The Morgan fingerprint density at radius 1 is 1.32 bits per heavy atom. The molecular weight excluding hydrogens is 236 g/mol. The number of nitrogens with two attached hydrogens (primary N) is 1. The van der Waals surface area contributed by atoms with Gasteiger partial charge in [-0.05, 0) is 24.7 Å². The molecule has 2 rings (SSSR count).